The Morgan fingerprint density at radius 3 is 2.05 bits per heavy atom. The Balaban J connectivity index is 2.60. The molecule has 1 rings (SSSR count). The maximum absolute atomic E-state index is 12.0. The minimum atomic E-state index is -0.868. The molecule has 0 unspecified atom stereocenters. The predicted octanol–water partition coefficient (Wildman–Crippen LogP) is 3.75. The average Bonchev–Trinajstić information content (AvgIpc) is 2.35. The fraction of sp³-hybridized carbons (Fsp3) is 0.529. The fourth-order valence-electron chi connectivity index (χ4n) is 2.01. The van der Waals surface area contributed by atoms with Crippen LogP contribution in [-0.2, 0) is 10.2 Å². The van der Waals surface area contributed by atoms with Gasteiger partial charge in [0, 0.05) is 17.6 Å². The van der Waals surface area contributed by atoms with Crippen LogP contribution in [0.15, 0.2) is 24.3 Å². The van der Waals surface area contributed by atoms with Gasteiger partial charge in [0.2, 0.25) is 0 Å². The molecule has 0 aromatic heterocycles. The number of carboxylic acids is 1. The van der Waals surface area contributed by atoms with Crippen molar-refractivity contribution >= 4 is 17.7 Å². The Hall–Kier alpha value is -2.04. The minimum absolute atomic E-state index is 0.0214. The molecule has 3 N–H and O–H groups in total. The topological polar surface area (TPSA) is 78.4 Å². The molecule has 0 fully saturated rings. The van der Waals surface area contributed by atoms with Crippen molar-refractivity contribution < 1.29 is 14.7 Å². The Labute approximate surface area is 132 Å². The molecule has 0 aliphatic rings. The Bertz CT molecular complexity index is 528. The van der Waals surface area contributed by atoms with Gasteiger partial charge >= 0.3 is 12.0 Å². The molecule has 0 radical (unpaired) electrons. The molecule has 0 bridgehead atoms. The van der Waals surface area contributed by atoms with E-state index in [4.69, 9.17) is 5.11 Å². The van der Waals surface area contributed by atoms with E-state index in [0.717, 1.165) is 0 Å². The van der Waals surface area contributed by atoms with Gasteiger partial charge in [-0.1, -0.05) is 32.9 Å². The van der Waals surface area contributed by atoms with Crippen molar-refractivity contribution in [2.24, 2.45) is 0 Å². The SMILES string of the molecule is CC(C)(CCC(=O)O)NC(=O)Nc1ccc(C(C)(C)C)cc1. The summed E-state index contributed by atoms with van der Waals surface area (Å²) in [5, 5.41) is 14.3. The normalized spacial score (nSPS) is 11.9. The molecule has 1 aromatic rings. The average molecular weight is 306 g/mol. The van der Waals surface area contributed by atoms with Gasteiger partial charge in [0.15, 0.2) is 0 Å². The summed E-state index contributed by atoms with van der Waals surface area (Å²) >= 11 is 0. The van der Waals surface area contributed by atoms with Crippen LogP contribution in [0.1, 0.15) is 53.0 Å². The zero-order chi connectivity index (χ0) is 17.0. The summed E-state index contributed by atoms with van der Waals surface area (Å²) in [6.45, 7) is 10.0. The third-order valence-corrected chi connectivity index (χ3v) is 3.42. The number of urea groups is 1. The lowest BCUT2D eigenvalue weighted by Gasteiger charge is -2.26. The van der Waals surface area contributed by atoms with Crippen molar-refractivity contribution in [2.45, 2.75) is 58.4 Å². The van der Waals surface area contributed by atoms with Crippen LogP contribution in [0.4, 0.5) is 10.5 Å². The summed E-state index contributed by atoms with van der Waals surface area (Å²) in [4.78, 5) is 22.6. The highest BCUT2D eigenvalue weighted by Crippen LogP contribution is 2.23. The maximum Gasteiger partial charge on any atom is 0.319 e. The van der Waals surface area contributed by atoms with Crippen molar-refractivity contribution in [3.63, 3.8) is 0 Å². The summed E-state index contributed by atoms with van der Waals surface area (Å²) < 4.78 is 0. The Morgan fingerprint density at radius 2 is 1.59 bits per heavy atom. The van der Waals surface area contributed by atoms with E-state index in [0.29, 0.717) is 12.1 Å². The van der Waals surface area contributed by atoms with Gasteiger partial charge in [-0.3, -0.25) is 4.79 Å². The largest absolute Gasteiger partial charge is 0.481 e. The number of hydrogen-bond acceptors (Lipinski definition) is 2. The number of aliphatic carboxylic acids is 1. The first-order chi connectivity index (χ1) is 9.99. The standard InChI is InChI=1S/C17H26N2O3/c1-16(2,3)12-6-8-13(9-7-12)18-15(22)19-17(4,5)11-10-14(20)21/h6-9H,10-11H2,1-5H3,(H,20,21)(H2,18,19,22). The number of carbonyl (C=O) groups is 2. The molecule has 2 amide bonds. The lowest BCUT2D eigenvalue weighted by molar-refractivity contribution is -0.137. The van der Waals surface area contributed by atoms with Crippen LogP contribution in [0.3, 0.4) is 0 Å². The van der Waals surface area contributed by atoms with E-state index in [1.807, 2.05) is 24.3 Å². The molecular weight excluding hydrogens is 280 g/mol. The lowest BCUT2D eigenvalue weighted by atomic mass is 9.87. The first-order valence-electron chi connectivity index (χ1n) is 7.41. The number of amides is 2. The number of carbonyl (C=O) groups excluding carboxylic acids is 1. The van der Waals surface area contributed by atoms with Crippen LogP contribution in [-0.4, -0.2) is 22.6 Å². The molecule has 0 spiro atoms. The molecule has 0 atom stereocenters. The zero-order valence-corrected chi connectivity index (χ0v) is 14.0. The van der Waals surface area contributed by atoms with E-state index in [-0.39, 0.29) is 17.9 Å². The molecule has 1 aromatic carbocycles. The summed E-state index contributed by atoms with van der Waals surface area (Å²) in [5.74, 6) is -0.868. The van der Waals surface area contributed by atoms with E-state index in [2.05, 4.69) is 31.4 Å². The van der Waals surface area contributed by atoms with Gasteiger partial charge in [0.05, 0.1) is 0 Å². The Morgan fingerprint density at radius 1 is 1.05 bits per heavy atom. The van der Waals surface area contributed by atoms with Gasteiger partial charge in [0.1, 0.15) is 0 Å². The first kappa shape index (κ1) is 18.0. The van der Waals surface area contributed by atoms with Crippen molar-refractivity contribution in [1.29, 1.82) is 0 Å². The van der Waals surface area contributed by atoms with E-state index < -0.39 is 11.5 Å². The summed E-state index contributed by atoms with van der Waals surface area (Å²) in [5.41, 5.74) is 1.40. The van der Waals surface area contributed by atoms with Crippen molar-refractivity contribution in [1.82, 2.24) is 5.32 Å². The fourth-order valence-corrected chi connectivity index (χ4v) is 2.01. The van der Waals surface area contributed by atoms with E-state index in [9.17, 15) is 9.59 Å². The van der Waals surface area contributed by atoms with Crippen molar-refractivity contribution in [3.05, 3.63) is 29.8 Å². The predicted molar refractivity (Wildman–Crippen MR) is 88.2 cm³/mol. The van der Waals surface area contributed by atoms with Crippen LogP contribution in [0.5, 0.6) is 0 Å². The minimum Gasteiger partial charge on any atom is -0.481 e. The second-order valence-corrected chi connectivity index (χ2v) is 7.18. The third kappa shape index (κ3) is 6.16. The van der Waals surface area contributed by atoms with Gasteiger partial charge in [-0.2, -0.15) is 0 Å². The van der Waals surface area contributed by atoms with Crippen molar-refractivity contribution in [2.75, 3.05) is 5.32 Å². The number of nitrogens with one attached hydrogen (secondary N) is 2. The second kappa shape index (κ2) is 6.81. The van der Waals surface area contributed by atoms with Crippen LogP contribution >= 0.6 is 0 Å². The highest BCUT2D eigenvalue weighted by molar-refractivity contribution is 5.89. The van der Waals surface area contributed by atoms with Gasteiger partial charge in [-0.15, -0.1) is 0 Å². The molecule has 22 heavy (non-hydrogen) atoms. The summed E-state index contributed by atoms with van der Waals surface area (Å²) in [6.07, 6.45) is 0.395. The summed E-state index contributed by atoms with van der Waals surface area (Å²) in [6, 6.07) is 7.38. The second-order valence-electron chi connectivity index (χ2n) is 7.18. The molecule has 5 heteroatoms. The van der Waals surface area contributed by atoms with Gasteiger partial charge in [0.25, 0.3) is 0 Å². The highest BCUT2D eigenvalue weighted by atomic mass is 16.4. The number of anilines is 1. The Kier molecular flexibility index (Phi) is 5.58. The number of benzene rings is 1. The molecule has 122 valence electrons. The van der Waals surface area contributed by atoms with Crippen LogP contribution < -0.4 is 10.6 Å². The van der Waals surface area contributed by atoms with E-state index in [1.54, 1.807) is 13.8 Å². The molecule has 0 aliphatic carbocycles. The molecule has 0 heterocycles. The maximum atomic E-state index is 12.0. The van der Waals surface area contributed by atoms with Crippen LogP contribution in [0.2, 0.25) is 0 Å². The smallest absolute Gasteiger partial charge is 0.319 e. The summed E-state index contributed by atoms with van der Waals surface area (Å²) in [7, 11) is 0. The van der Waals surface area contributed by atoms with Crippen LogP contribution in [0.25, 0.3) is 0 Å². The van der Waals surface area contributed by atoms with Crippen molar-refractivity contribution in [3.8, 4) is 0 Å². The van der Waals surface area contributed by atoms with E-state index in [1.165, 1.54) is 5.56 Å². The number of hydrogen-bond donors (Lipinski definition) is 3. The third-order valence-electron chi connectivity index (χ3n) is 3.42. The van der Waals surface area contributed by atoms with Gasteiger partial charge in [-0.05, 0) is 43.4 Å². The van der Waals surface area contributed by atoms with Gasteiger partial charge < -0.3 is 15.7 Å². The molecule has 0 aliphatic heterocycles. The molecular formula is C17H26N2O3. The monoisotopic (exact) mass is 306 g/mol. The van der Waals surface area contributed by atoms with E-state index >= 15 is 0 Å². The molecule has 0 saturated carbocycles. The molecule has 5 nitrogen and oxygen atoms in total. The highest BCUT2D eigenvalue weighted by Gasteiger charge is 2.21. The quantitative estimate of drug-likeness (QED) is 0.775. The van der Waals surface area contributed by atoms with Gasteiger partial charge in [-0.25, -0.2) is 4.79 Å². The van der Waals surface area contributed by atoms with Crippen LogP contribution in [0, 0.1) is 0 Å². The number of rotatable bonds is 5. The zero-order valence-electron chi connectivity index (χ0n) is 14.0. The lowest BCUT2D eigenvalue weighted by Crippen LogP contribution is -2.45. The first-order valence-corrected chi connectivity index (χ1v) is 7.41. The molecule has 0 saturated heterocycles. The number of carboxylic acid groups (broad SMARTS) is 1.